The Kier molecular flexibility index (Phi) is 2.52. The van der Waals surface area contributed by atoms with E-state index in [1.165, 1.54) is 6.42 Å². The summed E-state index contributed by atoms with van der Waals surface area (Å²) < 4.78 is 5.12. The molecule has 0 amide bonds. The average Bonchev–Trinajstić information content (AvgIpc) is 2.41. The van der Waals surface area contributed by atoms with Crippen LogP contribution in [-0.2, 0) is 12.8 Å². The quantitative estimate of drug-likeness (QED) is 0.680. The molecule has 4 nitrogen and oxygen atoms in total. The first kappa shape index (κ1) is 9.24. The van der Waals surface area contributed by atoms with Crippen molar-refractivity contribution in [3.05, 3.63) is 21.7 Å². The molecule has 4 heteroatoms. The maximum atomic E-state index is 11.2. The second-order valence-electron chi connectivity index (χ2n) is 3.57. The van der Waals surface area contributed by atoms with E-state index in [4.69, 9.17) is 4.74 Å². The fraction of sp³-hybridized carbons (Fsp3) is 0.600. The Balaban J connectivity index is 2.52. The second kappa shape index (κ2) is 3.82. The standard InChI is InChI=1S/C10H14N2O2/c1-14-9-7-5-3-2-4-6-8(7)11-10(13)12-9/h2-6H2,1H3,(H,11,12,13). The van der Waals surface area contributed by atoms with E-state index >= 15 is 0 Å². The summed E-state index contributed by atoms with van der Waals surface area (Å²) in [6.45, 7) is 0. The Labute approximate surface area is 82.3 Å². The molecule has 0 aliphatic heterocycles. The molecular formula is C10H14N2O2. The van der Waals surface area contributed by atoms with Crippen LogP contribution in [0, 0.1) is 0 Å². The third-order valence-corrected chi connectivity index (χ3v) is 2.63. The molecule has 1 heterocycles. The molecule has 1 aromatic rings. The van der Waals surface area contributed by atoms with Gasteiger partial charge in [0.1, 0.15) is 0 Å². The SMILES string of the molecule is COc1nc(=O)[nH]c2c1CCCCC2. The highest BCUT2D eigenvalue weighted by Gasteiger charge is 2.14. The monoisotopic (exact) mass is 194 g/mol. The predicted octanol–water partition coefficient (Wildman–Crippen LogP) is 1.05. The maximum Gasteiger partial charge on any atom is 0.348 e. The molecular weight excluding hydrogens is 180 g/mol. The third kappa shape index (κ3) is 1.64. The van der Waals surface area contributed by atoms with E-state index in [0.29, 0.717) is 5.88 Å². The lowest BCUT2D eigenvalue weighted by Gasteiger charge is -2.08. The summed E-state index contributed by atoms with van der Waals surface area (Å²) in [5.74, 6) is 0.505. The summed E-state index contributed by atoms with van der Waals surface area (Å²) in [5.41, 5.74) is 1.80. The van der Waals surface area contributed by atoms with Gasteiger partial charge in [0.15, 0.2) is 0 Å². The van der Waals surface area contributed by atoms with Crippen molar-refractivity contribution in [3.63, 3.8) is 0 Å². The highest BCUT2D eigenvalue weighted by molar-refractivity contribution is 5.30. The van der Waals surface area contributed by atoms with E-state index in [0.717, 1.165) is 36.9 Å². The smallest absolute Gasteiger partial charge is 0.348 e. The van der Waals surface area contributed by atoms with Crippen molar-refractivity contribution >= 4 is 0 Å². The third-order valence-electron chi connectivity index (χ3n) is 2.63. The van der Waals surface area contributed by atoms with Crippen LogP contribution in [0.15, 0.2) is 4.79 Å². The molecule has 1 aliphatic rings. The fourth-order valence-electron chi connectivity index (χ4n) is 1.94. The molecule has 0 atom stereocenters. The van der Waals surface area contributed by atoms with Gasteiger partial charge in [-0.2, -0.15) is 4.98 Å². The number of hydrogen-bond donors (Lipinski definition) is 1. The van der Waals surface area contributed by atoms with Crippen molar-refractivity contribution < 1.29 is 4.74 Å². The molecule has 0 bridgehead atoms. The van der Waals surface area contributed by atoms with Crippen LogP contribution in [-0.4, -0.2) is 17.1 Å². The molecule has 0 saturated heterocycles. The van der Waals surface area contributed by atoms with Gasteiger partial charge in [-0.15, -0.1) is 0 Å². The minimum atomic E-state index is -0.303. The van der Waals surface area contributed by atoms with Gasteiger partial charge in [0, 0.05) is 11.3 Å². The van der Waals surface area contributed by atoms with E-state index in [9.17, 15) is 4.79 Å². The number of ether oxygens (including phenoxy) is 1. The Bertz CT molecular complexity index is 384. The zero-order valence-corrected chi connectivity index (χ0v) is 8.30. The highest BCUT2D eigenvalue weighted by Crippen LogP contribution is 2.23. The van der Waals surface area contributed by atoms with Crippen molar-refractivity contribution in [2.75, 3.05) is 7.11 Å². The molecule has 0 spiro atoms. The average molecular weight is 194 g/mol. The molecule has 76 valence electrons. The summed E-state index contributed by atoms with van der Waals surface area (Å²) in [6, 6.07) is 0. The Morgan fingerprint density at radius 3 is 2.86 bits per heavy atom. The van der Waals surface area contributed by atoms with Crippen molar-refractivity contribution in [2.24, 2.45) is 0 Å². The zero-order chi connectivity index (χ0) is 9.97. The lowest BCUT2D eigenvalue weighted by molar-refractivity contribution is 0.388. The van der Waals surface area contributed by atoms with Crippen LogP contribution in [0.4, 0.5) is 0 Å². The number of aromatic nitrogens is 2. The summed E-state index contributed by atoms with van der Waals surface area (Å²) in [6.07, 6.45) is 5.39. The van der Waals surface area contributed by atoms with E-state index in [-0.39, 0.29) is 5.69 Å². The first-order valence-corrected chi connectivity index (χ1v) is 4.97. The molecule has 0 radical (unpaired) electrons. The molecule has 14 heavy (non-hydrogen) atoms. The number of hydrogen-bond acceptors (Lipinski definition) is 3. The molecule has 1 aromatic heterocycles. The van der Waals surface area contributed by atoms with E-state index in [1.54, 1.807) is 7.11 Å². The van der Waals surface area contributed by atoms with E-state index < -0.39 is 0 Å². The normalized spacial score (nSPS) is 15.8. The minimum absolute atomic E-state index is 0.303. The summed E-state index contributed by atoms with van der Waals surface area (Å²) >= 11 is 0. The van der Waals surface area contributed by atoms with Gasteiger partial charge in [0.2, 0.25) is 5.88 Å². The molecule has 1 N–H and O–H groups in total. The van der Waals surface area contributed by atoms with Gasteiger partial charge in [0.05, 0.1) is 7.11 Å². The maximum absolute atomic E-state index is 11.2. The van der Waals surface area contributed by atoms with Crippen molar-refractivity contribution in [1.82, 2.24) is 9.97 Å². The number of aryl methyl sites for hydroxylation is 1. The number of H-pyrrole nitrogens is 1. The van der Waals surface area contributed by atoms with Gasteiger partial charge >= 0.3 is 5.69 Å². The highest BCUT2D eigenvalue weighted by atomic mass is 16.5. The van der Waals surface area contributed by atoms with Crippen molar-refractivity contribution in [1.29, 1.82) is 0 Å². The predicted molar refractivity (Wildman–Crippen MR) is 52.7 cm³/mol. The molecule has 0 unspecified atom stereocenters. The van der Waals surface area contributed by atoms with Gasteiger partial charge in [-0.25, -0.2) is 4.79 Å². The largest absolute Gasteiger partial charge is 0.481 e. The van der Waals surface area contributed by atoms with E-state index in [2.05, 4.69) is 9.97 Å². The zero-order valence-electron chi connectivity index (χ0n) is 8.30. The van der Waals surface area contributed by atoms with Crippen LogP contribution >= 0.6 is 0 Å². The number of fused-ring (bicyclic) bond motifs is 1. The molecule has 1 aliphatic carbocycles. The summed E-state index contributed by atoms with van der Waals surface area (Å²) in [7, 11) is 1.56. The first-order chi connectivity index (χ1) is 6.81. The van der Waals surface area contributed by atoms with Crippen LogP contribution in [0.2, 0.25) is 0 Å². The second-order valence-corrected chi connectivity index (χ2v) is 3.57. The number of nitrogens with one attached hydrogen (secondary N) is 1. The van der Waals surface area contributed by atoms with Crippen molar-refractivity contribution in [3.8, 4) is 5.88 Å². The van der Waals surface area contributed by atoms with Crippen LogP contribution in [0.5, 0.6) is 5.88 Å². The molecule has 0 saturated carbocycles. The minimum Gasteiger partial charge on any atom is -0.481 e. The van der Waals surface area contributed by atoms with Crippen molar-refractivity contribution in [2.45, 2.75) is 32.1 Å². The Hall–Kier alpha value is -1.32. The van der Waals surface area contributed by atoms with E-state index in [1.807, 2.05) is 0 Å². The Morgan fingerprint density at radius 1 is 1.29 bits per heavy atom. The van der Waals surface area contributed by atoms with Gasteiger partial charge in [-0.1, -0.05) is 6.42 Å². The number of nitrogens with zero attached hydrogens (tertiary/aromatic N) is 1. The van der Waals surface area contributed by atoms with Crippen LogP contribution in [0.25, 0.3) is 0 Å². The number of methoxy groups -OCH3 is 1. The number of aromatic amines is 1. The van der Waals surface area contributed by atoms with Gasteiger partial charge in [-0.3, -0.25) is 0 Å². The van der Waals surface area contributed by atoms with Gasteiger partial charge in [0.25, 0.3) is 0 Å². The summed E-state index contributed by atoms with van der Waals surface area (Å²) in [5, 5.41) is 0. The van der Waals surface area contributed by atoms with Crippen LogP contribution < -0.4 is 10.4 Å². The lowest BCUT2D eigenvalue weighted by Crippen LogP contribution is -2.16. The molecule has 0 fully saturated rings. The van der Waals surface area contributed by atoms with Gasteiger partial charge < -0.3 is 9.72 Å². The van der Waals surface area contributed by atoms with Crippen LogP contribution in [0.1, 0.15) is 30.5 Å². The number of rotatable bonds is 1. The molecule has 2 rings (SSSR count). The lowest BCUT2D eigenvalue weighted by atomic mass is 10.1. The summed E-state index contributed by atoms with van der Waals surface area (Å²) in [4.78, 5) is 17.8. The fourth-order valence-corrected chi connectivity index (χ4v) is 1.94. The molecule has 0 aromatic carbocycles. The van der Waals surface area contributed by atoms with Crippen LogP contribution in [0.3, 0.4) is 0 Å². The first-order valence-electron chi connectivity index (χ1n) is 4.97. The Morgan fingerprint density at radius 2 is 2.07 bits per heavy atom. The van der Waals surface area contributed by atoms with Gasteiger partial charge in [-0.05, 0) is 25.7 Å². The topological polar surface area (TPSA) is 55.0 Å².